The van der Waals surface area contributed by atoms with Gasteiger partial charge in [-0.3, -0.25) is 0 Å². The molecule has 0 aliphatic carbocycles. The second-order valence-electron chi connectivity index (χ2n) is 3.40. The molecule has 1 aliphatic heterocycles. The maximum absolute atomic E-state index is 9.03. The Morgan fingerprint density at radius 2 is 1.92 bits per heavy atom. The highest BCUT2D eigenvalue weighted by molar-refractivity contribution is 7.99. The van der Waals surface area contributed by atoms with Crippen LogP contribution in [0.4, 0.5) is 0 Å². The van der Waals surface area contributed by atoms with Crippen LogP contribution in [-0.2, 0) is 12.6 Å². The first-order chi connectivity index (χ1) is 5.96. The molecule has 0 fully saturated rings. The second kappa shape index (κ2) is 3.18. The summed E-state index contributed by atoms with van der Waals surface area (Å²) >= 11 is 10.0. The monoisotopic (exact) mass is 210 g/mol. The van der Waals surface area contributed by atoms with Crippen molar-refractivity contribution in [1.29, 1.82) is 5.26 Å². The van der Waals surface area contributed by atoms with Crippen LogP contribution in [0.2, 0.25) is 0 Å². The summed E-state index contributed by atoms with van der Waals surface area (Å²) in [5.74, 6) is 0. The maximum Gasteiger partial charge on any atom is 0.192 e. The summed E-state index contributed by atoms with van der Waals surface area (Å²) in [7, 11) is 0. The van der Waals surface area contributed by atoms with Crippen molar-refractivity contribution in [2.24, 2.45) is 0 Å². The Balaban J connectivity index is 3.24. The zero-order chi connectivity index (χ0) is 10.1. The van der Waals surface area contributed by atoms with Gasteiger partial charge in [0.2, 0.25) is 0 Å². The standard InChI is InChI=1S/C9H10N2S2/c1-9(2,7-10)11(8(12)13)5-3-4-6-11/h3-6H,1-2H3. The molecule has 0 aromatic carbocycles. The number of thiocarbonyl (C=S) groups is 1. The average Bonchev–Trinajstić information content (AvgIpc) is 2.53. The van der Waals surface area contributed by atoms with Gasteiger partial charge in [0.05, 0.1) is 4.32 Å². The number of allylic oxidation sites excluding steroid dienone is 2. The number of hydrogen-bond donors (Lipinski definition) is 0. The highest BCUT2D eigenvalue weighted by Crippen LogP contribution is 2.30. The maximum atomic E-state index is 9.03. The van der Waals surface area contributed by atoms with Gasteiger partial charge in [0.15, 0.2) is 5.54 Å². The van der Waals surface area contributed by atoms with Gasteiger partial charge in [0.1, 0.15) is 18.5 Å². The topological polar surface area (TPSA) is 23.8 Å². The van der Waals surface area contributed by atoms with E-state index in [4.69, 9.17) is 30.1 Å². The van der Waals surface area contributed by atoms with Crippen molar-refractivity contribution < 1.29 is 4.48 Å². The summed E-state index contributed by atoms with van der Waals surface area (Å²) in [6.45, 7) is 3.65. The molecule has 0 radical (unpaired) electrons. The Morgan fingerprint density at radius 1 is 1.46 bits per heavy atom. The van der Waals surface area contributed by atoms with Crippen molar-refractivity contribution in [1.82, 2.24) is 0 Å². The van der Waals surface area contributed by atoms with E-state index in [2.05, 4.69) is 6.07 Å². The number of hydrogen-bond acceptors (Lipinski definition) is 3. The number of rotatable bonds is 1. The minimum absolute atomic E-state index is 0.175. The van der Waals surface area contributed by atoms with E-state index in [0.29, 0.717) is 4.32 Å². The van der Waals surface area contributed by atoms with E-state index >= 15 is 0 Å². The lowest BCUT2D eigenvalue weighted by Gasteiger charge is -2.40. The summed E-state index contributed by atoms with van der Waals surface area (Å²) in [6, 6.07) is 2.22. The fourth-order valence-corrected chi connectivity index (χ4v) is 1.93. The quantitative estimate of drug-likeness (QED) is 0.376. The molecule has 2 nitrogen and oxygen atoms in total. The smallest absolute Gasteiger partial charge is 0.192 e. The van der Waals surface area contributed by atoms with Gasteiger partial charge in [-0.2, -0.15) is 5.26 Å². The number of quaternary nitrogens is 1. The lowest BCUT2D eigenvalue weighted by atomic mass is 10.0. The minimum atomic E-state index is -0.637. The summed E-state index contributed by atoms with van der Waals surface area (Å²) < 4.78 is 0.547. The molecule has 1 aliphatic rings. The highest BCUT2D eigenvalue weighted by Gasteiger charge is 2.42. The van der Waals surface area contributed by atoms with Crippen molar-refractivity contribution in [3.05, 3.63) is 24.6 Å². The third-order valence-corrected chi connectivity index (χ3v) is 2.86. The SMILES string of the molecule is CC(C)(C#N)[N+]1(C(=S)[S-])C=CC=C1. The molecule has 0 N–H and O–H groups in total. The van der Waals surface area contributed by atoms with E-state index in [0.717, 1.165) is 0 Å². The van der Waals surface area contributed by atoms with Crippen LogP contribution in [0.15, 0.2) is 24.6 Å². The molecule has 0 aromatic heterocycles. The van der Waals surface area contributed by atoms with Gasteiger partial charge in [0.25, 0.3) is 0 Å². The van der Waals surface area contributed by atoms with Gasteiger partial charge in [-0.15, -0.1) is 0 Å². The van der Waals surface area contributed by atoms with Gasteiger partial charge in [0, 0.05) is 13.8 Å². The molecule has 1 rings (SSSR count). The Kier molecular flexibility index (Phi) is 2.53. The molecule has 1 heterocycles. The Morgan fingerprint density at radius 3 is 2.23 bits per heavy atom. The van der Waals surface area contributed by atoms with E-state index in [9.17, 15) is 0 Å². The van der Waals surface area contributed by atoms with Crippen LogP contribution in [0.3, 0.4) is 0 Å². The van der Waals surface area contributed by atoms with Crippen LogP contribution in [0.25, 0.3) is 0 Å². The molecule has 4 heteroatoms. The first-order valence-corrected chi connectivity index (χ1v) is 4.66. The zero-order valence-electron chi connectivity index (χ0n) is 7.52. The predicted octanol–water partition coefficient (Wildman–Crippen LogP) is 1.98. The molecule has 0 aromatic rings. The van der Waals surface area contributed by atoms with Crippen LogP contribution in [0.1, 0.15) is 13.8 Å². The van der Waals surface area contributed by atoms with Crippen molar-refractivity contribution in [2.75, 3.05) is 0 Å². The van der Waals surface area contributed by atoms with E-state index in [-0.39, 0.29) is 4.48 Å². The van der Waals surface area contributed by atoms with Crippen molar-refractivity contribution in [3.63, 3.8) is 0 Å². The number of nitriles is 1. The Bertz CT molecular complexity index is 322. The molecule has 0 saturated heterocycles. The Labute approximate surface area is 89.1 Å². The van der Waals surface area contributed by atoms with Gasteiger partial charge < -0.3 is 24.8 Å². The summed E-state index contributed by atoms with van der Waals surface area (Å²) in [6.07, 6.45) is 7.41. The molecular weight excluding hydrogens is 200 g/mol. The normalized spacial score (nSPS) is 18.5. The molecule has 13 heavy (non-hydrogen) atoms. The Hall–Kier alpha value is -0.760. The average molecular weight is 210 g/mol. The van der Waals surface area contributed by atoms with E-state index in [1.165, 1.54) is 0 Å². The lowest BCUT2D eigenvalue weighted by molar-refractivity contribution is -0.770. The number of nitrogens with zero attached hydrogens (tertiary/aromatic N) is 2. The molecular formula is C9H10N2S2. The molecule has 0 unspecified atom stereocenters. The molecule has 0 bridgehead atoms. The first-order valence-electron chi connectivity index (χ1n) is 3.85. The predicted molar refractivity (Wildman–Crippen MR) is 58.2 cm³/mol. The fourth-order valence-electron chi connectivity index (χ4n) is 1.23. The van der Waals surface area contributed by atoms with Crippen LogP contribution in [0, 0.1) is 11.3 Å². The summed E-state index contributed by atoms with van der Waals surface area (Å²) in [5, 5.41) is 9.03. The first kappa shape index (κ1) is 10.3. The van der Waals surface area contributed by atoms with Crippen LogP contribution >= 0.6 is 12.2 Å². The molecule has 0 atom stereocenters. The van der Waals surface area contributed by atoms with Crippen molar-refractivity contribution in [2.45, 2.75) is 19.4 Å². The lowest BCUT2D eigenvalue weighted by Crippen LogP contribution is -2.54. The van der Waals surface area contributed by atoms with E-state index < -0.39 is 5.54 Å². The highest BCUT2D eigenvalue weighted by atomic mass is 32.1. The van der Waals surface area contributed by atoms with E-state index in [1.54, 1.807) is 0 Å². The summed E-state index contributed by atoms with van der Waals surface area (Å²) in [4.78, 5) is 0. The molecule has 0 amide bonds. The molecule has 0 spiro atoms. The largest absolute Gasteiger partial charge is 0.369 e. The van der Waals surface area contributed by atoms with Gasteiger partial charge in [-0.05, 0) is 12.2 Å². The molecule has 0 saturated carbocycles. The van der Waals surface area contributed by atoms with Gasteiger partial charge in [-0.1, -0.05) is 0 Å². The summed E-state index contributed by atoms with van der Waals surface area (Å²) in [5.41, 5.74) is -0.637. The fraction of sp³-hybridized carbons (Fsp3) is 0.333. The zero-order valence-corrected chi connectivity index (χ0v) is 9.15. The van der Waals surface area contributed by atoms with Crippen LogP contribution < -0.4 is 0 Å². The van der Waals surface area contributed by atoms with Crippen molar-refractivity contribution >= 4 is 29.2 Å². The van der Waals surface area contributed by atoms with Gasteiger partial charge >= 0.3 is 0 Å². The minimum Gasteiger partial charge on any atom is -0.369 e. The van der Waals surface area contributed by atoms with Crippen molar-refractivity contribution in [3.8, 4) is 6.07 Å². The van der Waals surface area contributed by atoms with Crippen LogP contribution in [-0.4, -0.2) is 14.3 Å². The third-order valence-electron chi connectivity index (χ3n) is 2.25. The third kappa shape index (κ3) is 1.39. The molecule has 68 valence electrons. The van der Waals surface area contributed by atoms with Gasteiger partial charge in [-0.25, -0.2) is 4.48 Å². The van der Waals surface area contributed by atoms with Crippen LogP contribution in [0.5, 0.6) is 0 Å². The second-order valence-corrected chi connectivity index (χ2v) is 4.43. The van der Waals surface area contributed by atoms with E-state index in [1.807, 2.05) is 38.4 Å².